The van der Waals surface area contributed by atoms with Crippen LogP contribution in [0.2, 0.25) is 0 Å². The molecule has 1 aliphatic carbocycles. The van der Waals surface area contributed by atoms with Gasteiger partial charge in [0.15, 0.2) is 0 Å². The predicted molar refractivity (Wildman–Crippen MR) is 99.7 cm³/mol. The molecule has 1 aromatic heterocycles. The number of rotatable bonds is 2. The fourth-order valence-corrected chi connectivity index (χ4v) is 5.60. The molecule has 1 aliphatic heterocycles. The van der Waals surface area contributed by atoms with E-state index >= 15 is 0 Å². The first-order chi connectivity index (χ1) is 11.7. The summed E-state index contributed by atoms with van der Waals surface area (Å²) >= 11 is 8.61. The molecule has 4 rings (SSSR count). The Labute approximate surface area is 152 Å². The summed E-state index contributed by atoms with van der Waals surface area (Å²) in [5.41, 5.74) is 1.22. The van der Waals surface area contributed by atoms with E-state index in [0.717, 1.165) is 30.7 Å². The first-order valence-corrected chi connectivity index (χ1v) is 10.0. The second kappa shape index (κ2) is 6.53. The molecular formula is C20H22ClNOS. The molecule has 2 aliphatic rings. The lowest BCUT2D eigenvalue weighted by atomic mass is 9.68. The zero-order valence-electron chi connectivity index (χ0n) is 13.7. The van der Waals surface area contributed by atoms with Crippen molar-refractivity contribution in [2.45, 2.75) is 43.0 Å². The van der Waals surface area contributed by atoms with Crippen LogP contribution >= 0.6 is 22.9 Å². The minimum absolute atomic E-state index is 0.0901. The molecule has 0 spiro atoms. The Balaban J connectivity index is 1.74. The number of hydrogen-bond donors (Lipinski definition) is 0. The quantitative estimate of drug-likeness (QED) is 0.648. The van der Waals surface area contributed by atoms with E-state index in [1.54, 1.807) is 0 Å². The molecule has 126 valence electrons. The number of hydrogen-bond acceptors (Lipinski definition) is 2. The van der Waals surface area contributed by atoms with Crippen molar-refractivity contribution in [1.29, 1.82) is 0 Å². The van der Waals surface area contributed by atoms with Gasteiger partial charge in [-0.1, -0.05) is 49.2 Å². The van der Waals surface area contributed by atoms with Gasteiger partial charge in [-0.15, -0.1) is 22.9 Å². The van der Waals surface area contributed by atoms with E-state index in [0.29, 0.717) is 5.92 Å². The minimum atomic E-state index is -0.148. The van der Waals surface area contributed by atoms with Crippen LogP contribution in [-0.2, 0) is 0 Å². The van der Waals surface area contributed by atoms with Crippen molar-refractivity contribution < 1.29 is 4.79 Å². The van der Waals surface area contributed by atoms with Gasteiger partial charge in [0, 0.05) is 12.5 Å². The summed E-state index contributed by atoms with van der Waals surface area (Å²) in [5.74, 6) is 0.496. The monoisotopic (exact) mass is 359 g/mol. The van der Waals surface area contributed by atoms with Gasteiger partial charge in [0.25, 0.3) is 5.91 Å². The summed E-state index contributed by atoms with van der Waals surface area (Å²) in [6, 6.07) is 14.4. The minimum Gasteiger partial charge on any atom is -0.330 e. The highest BCUT2D eigenvalue weighted by atomic mass is 35.5. The molecule has 1 saturated carbocycles. The average Bonchev–Trinajstić information content (AvgIpc) is 3.15. The summed E-state index contributed by atoms with van der Waals surface area (Å²) in [6.45, 7) is 0.746. The van der Waals surface area contributed by atoms with Crippen LogP contribution in [0.15, 0.2) is 47.8 Å². The molecule has 2 heterocycles. The van der Waals surface area contributed by atoms with E-state index in [2.05, 4.69) is 29.2 Å². The molecule has 0 unspecified atom stereocenters. The number of thiophene rings is 1. The summed E-state index contributed by atoms with van der Waals surface area (Å²) in [4.78, 5) is 15.9. The van der Waals surface area contributed by atoms with Crippen LogP contribution in [0, 0.1) is 5.92 Å². The van der Waals surface area contributed by atoms with E-state index in [1.807, 2.05) is 23.6 Å². The van der Waals surface area contributed by atoms with Gasteiger partial charge in [0.1, 0.15) is 0 Å². The summed E-state index contributed by atoms with van der Waals surface area (Å²) in [5, 5.41) is 1.97. The average molecular weight is 360 g/mol. The molecule has 4 heteroatoms. The highest BCUT2D eigenvalue weighted by Gasteiger charge is 2.50. The molecule has 1 saturated heterocycles. The van der Waals surface area contributed by atoms with Crippen molar-refractivity contribution in [2.75, 3.05) is 6.54 Å². The number of piperidine rings is 1. The van der Waals surface area contributed by atoms with Gasteiger partial charge in [-0.25, -0.2) is 0 Å². The number of benzene rings is 1. The zero-order valence-corrected chi connectivity index (χ0v) is 15.2. The fraction of sp³-hybridized carbons (Fsp3) is 0.450. The number of carbonyl (C=O) groups is 1. The van der Waals surface area contributed by atoms with Crippen LogP contribution in [0.1, 0.15) is 53.4 Å². The maximum absolute atomic E-state index is 13.1. The van der Waals surface area contributed by atoms with Crippen molar-refractivity contribution in [3.63, 3.8) is 0 Å². The van der Waals surface area contributed by atoms with Crippen LogP contribution in [0.4, 0.5) is 0 Å². The molecule has 3 atom stereocenters. The number of amides is 1. The summed E-state index contributed by atoms with van der Waals surface area (Å²) < 4.78 is 0. The third-order valence-corrected chi connectivity index (χ3v) is 7.16. The number of alkyl halides is 1. The van der Waals surface area contributed by atoms with Crippen molar-refractivity contribution in [1.82, 2.24) is 4.90 Å². The van der Waals surface area contributed by atoms with Crippen LogP contribution < -0.4 is 0 Å². The fourth-order valence-electron chi connectivity index (χ4n) is 4.47. The number of halogens is 1. The van der Waals surface area contributed by atoms with Crippen LogP contribution in [0.25, 0.3) is 0 Å². The topological polar surface area (TPSA) is 20.3 Å². The van der Waals surface area contributed by atoms with Crippen molar-refractivity contribution in [3.05, 3.63) is 58.3 Å². The number of fused-ring (bicyclic) bond motifs is 1. The van der Waals surface area contributed by atoms with Gasteiger partial charge in [-0.3, -0.25) is 4.79 Å². The molecular weight excluding hydrogens is 338 g/mol. The first-order valence-electron chi connectivity index (χ1n) is 8.77. The number of likely N-dealkylation sites (tertiary alicyclic amines) is 1. The number of carbonyl (C=O) groups excluding carboxylic acids is 1. The van der Waals surface area contributed by atoms with E-state index in [-0.39, 0.29) is 16.8 Å². The Bertz CT molecular complexity index is 702. The lowest BCUT2D eigenvalue weighted by molar-refractivity contribution is 0.0283. The molecule has 24 heavy (non-hydrogen) atoms. The molecule has 2 fully saturated rings. The second-order valence-electron chi connectivity index (χ2n) is 6.97. The van der Waals surface area contributed by atoms with Crippen LogP contribution in [-0.4, -0.2) is 22.2 Å². The Morgan fingerprint density at radius 3 is 2.71 bits per heavy atom. The van der Waals surface area contributed by atoms with Crippen molar-refractivity contribution in [3.8, 4) is 0 Å². The predicted octanol–water partition coefficient (Wildman–Crippen LogP) is 5.50. The Hall–Kier alpha value is -1.32. The molecule has 0 radical (unpaired) electrons. The Kier molecular flexibility index (Phi) is 4.40. The van der Waals surface area contributed by atoms with E-state index < -0.39 is 0 Å². The third-order valence-electron chi connectivity index (χ3n) is 5.64. The van der Waals surface area contributed by atoms with Crippen molar-refractivity contribution >= 4 is 28.8 Å². The molecule has 2 nitrogen and oxygen atoms in total. The van der Waals surface area contributed by atoms with Crippen LogP contribution in [0.5, 0.6) is 0 Å². The standard InChI is InChI=1S/C20H22ClNOS/c21-20-11-5-4-9-16(20)18(15-7-2-1-3-8-15)22(13-12-20)19(23)17-10-6-14-24-17/h1-3,6-8,10,14,16,18H,4-5,9,11-13H2/t16-,18+,20+/m0/s1. The van der Waals surface area contributed by atoms with Crippen LogP contribution in [0.3, 0.4) is 0 Å². The highest BCUT2D eigenvalue weighted by Crippen LogP contribution is 2.52. The lowest BCUT2D eigenvalue weighted by Gasteiger charge is -2.52. The smallest absolute Gasteiger partial charge is 0.264 e. The van der Waals surface area contributed by atoms with Gasteiger partial charge >= 0.3 is 0 Å². The molecule has 0 N–H and O–H groups in total. The van der Waals surface area contributed by atoms with E-state index in [9.17, 15) is 4.79 Å². The molecule has 2 aromatic rings. The van der Waals surface area contributed by atoms with Gasteiger partial charge < -0.3 is 4.90 Å². The van der Waals surface area contributed by atoms with E-state index in [4.69, 9.17) is 11.6 Å². The maximum atomic E-state index is 13.1. The number of nitrogens with zero attached hydrogens (tertiary/aromatic N) is 1. The Morgan fingerprint density at radius 2 is 1.96 bits per heavy atom. The Morgan fingerprint density at radius 1 is 1.12 bits per heavy atom. The normalized spacial score (nSPS) is 30.0. The second-order valence-corrected chi connectivity index (χ2v) is 8.67. The zero-order chi connectivity index (χ0) is 16.6. The van der Waals surface area contributed by atoms with Crippen molar-refractivity contribution in [2.24, 2.45) is 5.92 Å². The summed E-state index contributed by atoms with van der Waals surface area (Å²) in [6.07, 6.45) is 5.50. The van der Waals surface area contributed by atoms with E-state index in [1.165, 1.54) is 29.7 Å². The lowest BCUT2D eigenvalue weighted by Crippen LogP contribution is -2.53. The molecule has 1 aromatic carbocycles. The molecule has 1 amide bonds. The summed E-state index contributed by atoms with van der Waals surface area (Å²) in [7, 11) is 0. The van der Waals surface area contributed by atoms with Gasteiger partial charge in [-0.05, 0) is 36.3 Å². The third kappa shape index (κ3) is 2.78. The first kappa shape index (κ1) is 16.2. The SMILES string of the molecule is O=C(c1cccs1)N1CC[C@]2(Cl)CCCC[C@H]2[C@H]1c1ccccc1. The maximum Gasteiger partial charge on any atom is 0.264 e. The highest BCUT2D eigenvalue weighted by molar-refractivity contribution is 7.12. The molecule has 0 bridgehead atoms. The van der Waals surface area contributed by atoms with Gasteiger partial charge in [-0.2, -0.15) is 0 Å². The van der Waals surface area contributed by atoms with Gasteiger partial charge in [0.05, 0.1) is 15.8 Å². The largest absolute Gasteiger partial charge is 0.330 e. The van der Waals surface area contributed by atoms with Gasteiger partial charge in [0.2, 0.25) is 0 Å².